The minimum absolute atomic E-state index is 0.132. The molecule has 0 bridgehead atoms. The van der Waals surface area contributed by atoms with Crippen LogP contribution in [0.4, 0.5) is 20.4 Å². The average Bonchev–Trinajstić information content (AvgIpc) is 3.36. The molecule has 8 nitrogen and oxygen atoms in total. The molecule has 1 N–H and O–H groups in total. The zero-order valence-corrected chi connectivity index (χ0v) is 16.7. The van der Waals surface area contributed by atoms with E-state index < -0.39 is 0 Å². The Morgan fingerprint density at radius 1 is 1.11 bits per heavy atom. The van der Waals surface area contributed by atoms with Gasteiger partial charge in [-0.05, 0) is 17.7 Å². The van der Waals surface area contributed by atoms with E-state index in [1.165, 1.54) is 4.90 Å². The van der Waals surface area contributed by atoms with Gasteiger partial charge < -0.3 is 15.1 Å². The maximum Gasteiger partial charge on any atom is 0.321 e. The molecule has 4 amide bonds. The third kappa shape index (κ3) is 4.12. The number of anilines is 2. The van der Waals surface area contributed by atoms with Crippen molar-refractivity contribution < 1.29 is 14.4 Å². The molecule has 146 valence electrons. The number of rotatable bonds is 4. The summed E-state index contributed by atoms with van der Waals surface area (Å²) >= 11 is 2.63. The first-order valence-electron chi connectivity index (χ1n) is 8.86. The third-order valence-electron chi connectivity index (χ3n) is 4.64. The molecule has 0 aliphatic carbocycles. The van der Waals surface area contributed by atoms with Crippen LogP contribution in [0, 0.1) is 0 Å². The van der Waals surface area contributed by atoms with Crippen molar-refractivity contribution in [2.24, 2.45) is 0 Å². The number of piperazine rings is 1. The Kier molecular flexibility index (Phi) is 5.49. The van der Waals surface area contributed by atoms with Crippen molar-refractivity contribution in [1.29, 1.82) is 0 Å². The second-order valence-electron chi connectivity index (χ2n) is 6.45. The highest BCUT2D eigenvalue weighted by molar-refractivity contribution is 8.14. The standard InChI is InChI=1S/C18H19N5O3S2/c24-15-12-28-18(26)23(15)11-13-1-3-14(4-2-13)20-16(25)21-6-8-22(9-7-21)17-19-5-10-27-17/h1-5,10H,6-9,11-12H2,(H,20,25). The lowest BCUT2D eigenvalue weighted by Crippen LogP contribution is -2.50. The molecule has 2 fully saturated rings. The van der Waals surface area contributed by atoms with Gasteiger partial charge in [-0.15, -0.1) is 11.3 Å². The van der Waals surface area contributed by atoms with E-state index >= 15 is 0 Å². The van der Waals surface area contributed by atoms with Gasteiger partial charge in [0, 0.05) is 43.4 Å². The number of aromatic nitrogens is 1. The third-order valence-corrected chi connectivity index (χ3v) is 6.33. The predicted octanol–water partition coefficient (Wildman–Crippen LogP) is 2.69. The Balaban J connectivity index is 1.29. The van der Waals surface area contributed by atoms with Gasteiger partial charge in [-0.2, -0.15) is 0 Å². The van der Waals surface area contributed by atoms with Gasteiger partial charge in [0.25, 0.3) is 5.24 Å². The molecule has 28 heavy (non-hydrogen) atoms. The summed E-state index contributed by atoms with van der Waals surface area (Å²) in [7, 11) is 0. The number of imide groups is 1. The molecule has 10 heteroatoms. The lowest BCUT2D eigenvalue weighted by molar-refractivity contribution is -0.125. The van der Waals surface area contributed by atoms with Crippen LogP contribution in [0.2, 0.25) is 0 Å². The van der Waals surface area contributed by atoms with Crippen molar-refractivity contribution in [1.82, 2.24) is 14.8 Å². The largest absolute Gasteiger partial charge is 0.345 e. The van der Waals surface area contributed by atoms with Crippen LogP contribution < -0.4 is 10.2 Å². The van der Waals surface area contributed by atoms with E-state index in [0.717, 1.165) is 35.5 Å². The number of nitrogens with one attached hydrogen (secondary N) is 1. The second kappa shape index (κ2) is 8.19. The van der Waals surface area contributed by atoms with Crippen LogP contribution in [0.25, 0.3) is 0 Å². The minimum Gasteiger partial charge on any atom is -0.345 e. The van der Waals surface area contributed by atoms with E-state index in [1.807, 2.05) is 17.5 Å². The SMILES string of the molecule is O=C(Nc1ccc(CN2C(=O)CSC2=O)cc1)N1CCN(c2nccs2)CC1. The second-order valence-corrected chi connectivity index (χ2v) is 8.25. The smallest absolute Gasteiger partial charge is 0.321 e. The fourth-order valence-corrected chi connectivity index (χ4v) is 4.51. The summed E-state index contributed by atoms with van der Waals surface area (Å²) < 4.78 is 0. The van der Waals surface area contributed by atoms with Crippen LogP contribution in [0.3, 0.4) is 0 Å². The first-order chi connectivity index (χ1) is 13.6. The first-order valence-corrected chi connectivity index (χ1v) is 10.7. The zero-order chi connectivity index (χ0) is 19.5. The van der Waals surface area contributed by atoms with E-state index in [1.54, 1.807) is 34.6 Å². The van der Waals surface area contributed by atoms with E-state index in [9.17, 15) is 14.4 Å². The average molecular weight is 418 g/mol. The molecule has 2 aromatic rings. The van der Waals surface area contributed by atoms with Crippen molar-refractivity contribution in [3.8, 4) is 0 Å². The summed E-state index contributed by atoms with van der Waals surface area (Å²) in [5, 5.41) is 5.64. The number of hydrogen-bond donors (Lipinski definition) is 1. The Bertz CT molecular complexity index is 848. The number of hydrogen-bond acceptors (Lipinski definition) is 7. The first kappa shape index (κ1) is 18.8. The Morgan fingerprint density at radius 2 is 1.86 bits per heavy atom. The zero-order valence-electron chi connectivity index (χ0n) is 15.0. The monoisotopic (exact) mass is 417 g/mol. The molecule has 0 spiro atoms. The molecule has 1 aromatic heterocycles. The van der Waals surface area contributed by atoms with Crippen molar-refractivity contribution >= 4 is 51.1 Å². The molecule has 2 aliphatic heterocycles. The topological polar surface area (TPSA) is 85.8 Å². The summed E-state index contributed by atoms with van der Waals surface area (Å²) in [5.41, 5.74) is 1.53. The number of carbonyl (C=O) groups is 3. The highest BCUT2D eigenvalue weighted by Gasteiger charge is 2.29. The molecule has 2 aliphatic rings. The van der Waals surface area contributed by atoms with Gasteiger partial charge >= 0.3 is 6.03 Å². The molecule has 3 heterocycles. The molecule has 1 aromatic carbocycles. The molecular formula is C18H19N5O3S2. The van der Waals surface area contributed by atoms with Crippen LogP contribution in [0.5, 0.6) is 0 Å². The molecule has 0 saturated carbocycles. The molecule has 0 radical (unpaired) electrons. The lowest BCUT2D eigenvalue weighted by atomic mass is 10.2. The van der Waals surface area contributed by atoms with Crippen LogP contribution in [-0.2, 0) is 11.3 Å². The van der Waals surface area contributed by atoms with Gasteiger partial charge in [0.05, 0.1) is 12.3 Å². The Morgan fingerprint density at radius 3 is 2.46 bits per heavy atom. The normalized spacial score (nSPS) is 17.4. The maximum atomic E-state index is 12.5. The minimum atomic E-state index is -0.209. The number of thioether (sulfide) groups is 1. The quantitative estimate of drug-likeness (QED) is 0.823. The van der Waals surface area contributed by atoms with Crippen molar-refractivity contribution in [2.75, 3.05) is 42.1 Å². The fraction of sp³-hybridized carbons (Fsp3) is 0.333. The van der Waals surface area contributed by atoms with Gasteiger partial charge in [0.2, 0.25) is 5.91 Å². The number of amides is 4. The highest BCUT2D eigenvalue weighted by atomic mass is 32.2. The van der Waals surface area contributed by atoms with Crippen molar-refractivity contribution in [3.05, 3.63) is 41.4 Å². The van der Waals surface area contributed by atoms with Gasteiger partial charge in [-0.25, -0.2) is 9.78 Å². The van der Waals surface area contributed by atoms with Crippen LogP contribution >= 0.6 is 23.1 Å². The molecular weight excluding hydrogens is 398 g/mol. The van der Waals surface area contributed by atoms with Gasteiger partial charge in [-0.1, -0.05) is 23.9 Å². The number of urea groups is 1. The molecule has 0 atom stereocenters. The molecule has 4 rings (SSSR count). The van der Waals surface area contributed by atoms with Gasteiger partial charge in [0.15, 0.2) is 5.13 Å². The van der Waals surface area contributed by atoms with E-state index in [0.29, 0.717) is 18.8 Å². The predicted molar refractivity (Wildman–Crippen MR) is 110 cm³/mol. The van der Waals surface area contributed by atoms with Crippen LogP contribution in [0.15, 0.2) is 35.8 Å². The van der Waals surface area contributed by atoms with Crippen molar-refractivity contribution in [2.45, 2.75) is 6.54 Å². The number of benzene rings is 1. The maximum absolute atomic E-state index is 12.5. The van der Waals surface area contributed by atoms with Gasteiger partial charge in [-0.3, -0.25) is 14.5 Å². The summed E-state index contributed by atoms with van der Waals surface area (Å²) in [5.74, 6) is 0.0484. The highest BCUT2D eigenvalue weighted by Crippen LogP contribution is 2.22. The van der Waals surface area contributed by atoms with Crippen molar-refractivity contribution in [3.63, 3.8) is 0 Å². The molecule has 0 unspecified atom stereocenters. The molecule has 2 saturated heterocycles. The van der Waals surface area contributed by atoms with E-state index in [-0.39, 0.29) is 29.5 Å². The summed E-state index contributed by atoms with van der Waals surface area (Å²) in [6.45, 7) is 3.06. The van der Waals surface area contributed by atoms with E-state index in [2.05, 4.69) is 15.2 Å². The Labute approximate surface area is 170 Å². The number of nitrogens with zero attached hydrogens (tertiary/aromatic N) is 4. The summed E-state index contributed by atoms with van der Waals surface area (Å²) in [4.78, 5) is 45.4. The number of thiazole rings is 1. The van der Waals surface area contributed by atoms with Crippen LogP contribution in [-0.4, -0.2) is 63.9 Å². The summed E-state index contributed by atoms with van der Waals surface area (Å²) in [6, 6.07) is 7.08. The number of carbonyl (C=O) groups excluding carboxylic acids is 3. The van der Waals surface area contributed by atoms with Crippen LogP contribution in [0.1, 0.15) is 5.56 Å². The van der Waals surface area contributed by atoms with Gasteiger partial charge in [0.1, 0.15) is 0 Å². The summed E-state index contributed by atoms with van der Waals surface area (Å²) in [6.07, 6.45) is 1.79. The van der Waals surface area contributed by atoms with E-state index in [4.69, 9.17) is 0 Å². The Hall–Kier alpha value is -2.59. The fourth-order valence-electron chi connectivity index (χ4n) is 3.09. The lowest BCUT2D eigenvalue weighted by Gasteiger charge is -2.34.